The van der Waals surface area contributed by atoms with Crippen molar-refractivity contribution in [2.45, 2.75) is 20.8 Å². The standard InChI is InChI=1S/C13H22N2O/c1-13(2,3)9-15(4)12-7-6-10(16-5)8-11(12)14/h6-8H,9,14H2,1-5H3. The Morgan fingerprint density at radius 1 is 1.31 bits per heavy atom. The van der Waals surface area contributed by atoms with Crippen LogP contribution >= 0.6 is 0 Å². The third-order valence-corrected chi connectivity index (χ3v) is 2.36. The molecular formula is C13H22N2O. The Morgan fingerprint density at radius 2 is 1.94 bits per heavy atom. The van der Waals surface area contributed by atoms with Crippen molar-refractivity contribution in [3.8, 4) is 5.75 Å². The second-order valence-corrected chi connectivity index (χ2v) is 5.34. The van der Waals surface area contributed by atoms with Crippen molar-refractivity contribution in [1.82, 2.24) is 0 Å². The van der Waals surface area contributed by atoms with Crippen LogP contribution in [0.15, 0.2) is 18.2 Å². The van der Waals surface area contributed by atoms with Crippen LogP contribution in [0, 0.1) is 5.41 Å². The number of hydrogen-bond donors (Lipinski definition) is 1. The van der Waals surface area contributed by atoms with E-state index in [1.807, 2.05) is 18.2 Å². The molecule has 3 nitrogen and oxygen atoms in total. The van der Waals surface area contributed by atoms with Gasteiger partial charge in [-0.2, -0.15) is 0 Å². The van der Waals surface area contributed by atoms with Crippen LogP contribution in [0.1, 0.15) is 20.8 Å². The molecule has 90 valence electrons. The van der Waals surface area contributed by atoms with E-state index in [-0.39, 0.29) is 5.41 Å². The van der Waals surface area contributed by atoms with Crippen LogP contribution < -0.4 is 15.4 Å². The van der Waals surface area contributed by atoms with Crippen LogP contribution in [-0.2, 0) is 0 Å². The van der Waals surface area contributed by atoms with Gasteiger partial charge >= 0.3 is 0 Å². The van der Waals surface area contributed by atoms with Gasteiger partial charge in [0.1, 0.15) is 5.75 Å². The normalized spacial score (nSPS) is 11.3. The van der Waals surface area contributed by atoms with Gasteiger partial charge in [0.15, 0.2) is 0 Å². The number of nitrogens with zero attached hydrogens (tertiary/aromatic N) is 1. The summed E-state index contributed by atoms with van der Waals surface area (Å²) >= 11 is 0. The quantitative estimate of drug-likeness (QED) is 0.799. The van der Waals surface area contributed by atoms with Gasteiger partial charge in [0.2, 0.25) is 0 Å². The molecule has 0 saturated heterocycles. The Bertz CT molecular complexity index is 355. The summed E-state index contributed by atoms with van der Waals surface area (Å²) < 4.78 is 5.13. The molecule has 0 saturated carbocycles. The molecule has 0 aliphatic rings. The van der Waals surface area contributed by atoms with E-state index in [9.17, 15) is 0 Å². The summed E-state index contributed by atoms with van der Waals surface area (Å²) in [7, 11) is 3.71. The smallest absolute Gasteiger partial charge is 0.121 e. The van der Waals surface area contributed by atoms with Crippen molar-refractivity contribution in [2.75, 3.05) is 31.3 Å². The van der Waals surface area contributed by atoms with Crippen LogP contribution in [0.2, 0.25) is 0 Å². The van der Waals surface area contributed by atoms with Gasteiger partial charge in [-0.3, -0.25) is 0 Å². The van der Waals surface area contributed by atoms with Crippen molar-refractivity contribution in [1.29, 1.82) is 0 Å². The second-order valence-electron chi connectivity index (χ2n) is 5.34. The highest BCUT2D eigenvalue weighted by atomic mass is 16.5. The molecule has 0 unspecified atom stereocenters. The van der Waals surface area contributed by atoms with Crippen LogP contribution in [0.5, 0.6) is 5.75 Å². The number of ether oxygens (including phenoxy) is 1. The zero-order chi connectivity index (χ0) is 12.3. The van der Waals surface area contributed by atoms with Gasteiger partial charge in [0.25, 0.3) is 0 Å². The van der Waals surface area contributed by atoms with Crippen LogP contribution in [0.4, 0.5) is 11.4 Å². The maximum atomic E-state index is 6.00. The Hall–Kier alpha value is -1.38. The molecule has 0 aliphatic heterocycles. The van der Waals surface area contributed by atoms with Crippen LogP contribution in [0.3, 0.4) is 0 Å². The van der Waals surface area contributed by atoms with E-state index in [2.05, 4.69) is 32.7 Å². The van der Waals surface area contributed by atoms with E-state index in [0.29, 0.717) is 0 Å². The van der Waals surface area contributed by atoms with Crippen LogP contribution in [0.25, 0.3) is 0 Å². The predicted molar refractivity (Wildman–Crippen MR) is 70.1 cm³/mol. The van der Waals surface area contributed by atoms with Gasteiger partial charge in [-0.1, -0.05) is 20.8 Å². The molecule has 3 heteroatoms. The largest absolute Gasteiger partial charge is 0.497 e. The molecule has 1 aromatic rings. The highest BCUT2D eigenvalue weighted by molar-refractivity contribution is 5.69. The number of benzene rings is 1. The second kappa shape index (κ2) is 4.64. The van der Waals surface area contributed by atoms with Gasteiger partial charge in [-0.25, -0.2) is 0 Å². The molecule has 0 heterocycles. The van der Waals surface area contributed by atoms with Crippen molar-refractivity contribution < 1.29 is 4.74 Å². The van der Waals surface area contributed by atoms with E-state index in [4.69, 9.17) is 10.5 Å². The molecule has 0 fully saturated rings. The van der Waals surface area contributed by atoms with E-state index < -0.39 is 0 Å². The molecule has 0 spiro atoms. The summed E-state index contributed by atoms with van der Waals surface area (Å²) in [6.45, 7) is 7.60. The SMILES string of the molecule is COc1ccc(N(C)CC(C)(C)C)c(N)c1. The summed E-state index contributed by atoms with van der Waals surface area (Å²) in [6, 6.07) is 5.79. The Morgan fingerprint density at radius 3 is 2.38 bits per heavy atom. The fourth-order valence-corrected chi connectivity index (χ4v) is 1.80. The number of nitrogen functional groups attached to an aromatic ring is 1. The van der Waals surface area contributed by atoms with Gasteiger partial charge in [0.05, 0.1) is 18.5 Å². The number of methoxy groups -OCH3 is 1. The van der Waals surface area contributed by atoms with Gasteiger partial charge < -0.3 is 15.4 Å². The zero-order valence-corrected chi connectivity index (χ0v) is 10.9. The van der Waals surface area contributed by atoms with E-state index in [1.54, 1.807) is 7.11 Å². The summed E-state index contributed by atoms with van der Waals surface area (Å²) in [6.07, 6.45) is 0. The lowest BCUT2D eigenvalue weighted by molar-refractivity contribution is 0.414. The maximum Gasteiger partial charge on any atom is 0.121 e. The van der Waals surface area contributed by atoms with E-state index in [1.165, 1.54) is 0 Å². The van der Waals surface area contributed by atoms with Gasteiger partial charge in [-0.15, -0.1) is 0 Å². The number of hydrogen-bond acceptors (Lipinski definition) is 3. The lowest BCUT2D eigenvalue weighted by atomic mass is 9.96. The summed E-state index contributed by atoms with van der Waals surface area (Å²) in [4.78, 5) is 2.18. The maximum absolute atomic E-state index is 6.00. The first-order valence-corrected chi connectivity index (χ1v) is 5.48. The molecule has 0 aromatic heterocycles. The highest BCUT2D eigenvalue weighted by Crippen LogP contribution is 2.28. The Balaban J connectivity index is 2.88. The molecule has 2 N–H and O–H groups in total. The van der Waals surface area contributed by atoms with E-state index in [0.717, 1.165) is 23.7 Å². The highest BCUT2D eigenvalue weighted by Gasteiger charge is 2.15. The monoisotopic (exact) mass is 222 g/mol. The Labute approximate surface area is 98.2 Å². The lowest BCUT2D eigenvalue weighted by Crippen LogP contribution is -2.29. The summed E-state index contributed by atoms with van der Waals surface area (Å²) in [5.41, 5.74) is 8.05. The Kier molecular flexibility index (Phi) is 3.68. The zero-order valence-electron chi connectivity index (χ0n) is 10.9. The first-order valence-electron chi connectivity index (χ1n) is 5.48. The molecule has 0 bridgehead atoms. The fourth-order valence-electron chi connectivity index (χ4n) is 1.80. The predicted octanol–water partition coefficient (Wildman–Crippen LogP) is 2.76. The lowest BCUT2D eigenvalue weighted by Gasteiger charge is -2.29. The third kappa shape index (κ3) is 3.33. The van der Waals surface area contributed by atoms with Crippen molar-refractivity contribution >= 4 is 11.4 Å². The average molecular weight is 222 g/mol. The molecule has 0 aliphatic carbocycles. The third-order valence-electron chi connectivity index (χ3n) is 2.36. The minimum Gasteiger partial charge on any atom is -0.497 e. The van der Waals surface area contributed by atoms with Crippen molar-refractivity contribution in [3.05, 3.63) is 18.2 Å². The fraction of sp³-hybridized carbons (Fsp3) is 0.538. The van der Waals surface area contributed by atoms with Crippen LogP contribution in [-0.4, -0.2) is 20.7 Å². The van der Waals surface area contributed by atoms with Crippen molar-refractivity contribution in [3.63, 3.8) is 0 Å². The molecular weight excluding hydrogens is 200 g/mol. The summed E-state index contributed by atoms with van der Waals surface area (Å²) in [5, 5.41) is 0. The molecule has 0 amide bonds. The van der Waals surface area contributed by atoms with E-state index >= 15 is 0 Å². The minimum absolute atomic E-state index is 0.251. The van der Waals surface area contributed by atoms with Gasteiger partial charge in [-0.05, 0) is 17.5 Å². The molecule has 0 radical (unpaired) electrons. The minimum atomic E-state index is 0.251. The first-order chi connectivity index (χ1) is 7.33. The number of anilines is 2. The molecule has 16 heavy (non-hydrogen) atoms. The van der Waals surface area contributed by atoms with Crippen molar-refractivity contribution in [2.24, 2.45) is 5.41 Å². The summed E-state index contributed by atoms with van der Waals surface area (Å²) in [5.74, 6) is 0.797. The topological polar surface area (TPSA) is 38.5 Å². The first kappa shape index (κ1) is 12.7. The number of rotatable bonds is 3. The molecule has 1 aromatic carbocycles. The molecule has 1 rings (SSSR count). The molecule has 0 atom stereocenters. The van der Waals surface area contributed by atoms with Gasteiger partial charge in [0, 0.05) is 19.7 Å². The number of nitrogens with two attached hydrogens (primary N) is 1. The average Bonchev–Trinajstić information content (AvgIpc) is 2.14.